The summed E-state index contributed by atoms with van der Waals surface area (Å²) in [5.41, 5.74) is 1.14. The van der Waals surface area contributed by atoms with Crippen LogP contribution in [0.2, 0.25) is 0 Å². The van der Waals surface area contributed by atoms with Crippen LogP contribution in [0.1, 0.15) is 37.2 Å². The molecule has 3 aliphatic rings. The molecule has 0 radical (unpaired) electrons. The fourth-order valence-corrected chi connectivity index (χ4v) is 3.67. The Hall–Kier alpha value is -1.95. The lowest BCUT2D eigenvalue weighted by Crippen LogP contribution is -2.42. The maximum Gasteiger partial charge on any atom is 0.230 e. The maximum absolute atomic E-state index is 13.5. The number of benzene rings is 1. The molecule has 0 bridgehead atoms. The molecule has 2 heterocycles. The third-order valence-corrected chi connectivity index (χ3v) is 5.10. The van der Waals surface area contributed by atoms with Gasteiger partial charge in [0, 0.05) is 37.2 Å². The summed E-state index contributed by atoms with van der Waals surface area (Å²) < 4.78 is 18.9. The molecular formula is C18H21FN2O3. The molecule has 2 aliphatic heterocycles. The van der Waals surface area contributed by atoms with Gasteiger partial charge >= 0.3 is 0 Å². The minimum absolute atomic E-state index is 0.00731. The van der Waals surface area contributed by atoms with Crippen molar-refractivity contribution in [2.45, 2.75) is 37.6 Å². The summed E-state index contributed by atoms with van der Waals surface area (Å²) in [7, 11) is 0. The Labute approximate surface area is 140 Å². The molecule has 0 unspecified atom stereocenters. The minimum atomic E-state index is -0.516. The number of carbonyl (C=O) groups is 2. The lowest BCUT2D eigenvalue weighted by Gasteiger charge is -2.32. The first-order valence-corrected chi connectivity index (χ1v) is 8.59. The summed E-state index contributed by atoms with van der Waals surface area (Å²) in [4.78, 5) is 27.1. The molecule has 4 rings (SSSR count). The van der Waals surface area contributed by atoms with Crippen LogP contribution < -0.4 is 5.32 Å². The highest BCUT2D eigenvalue weighted by molar-refractivity contribution is 6.01. The highest BCUT2D eigenvalue weighted by Crippen LogP contribution is 2.37. The first kappa shape index (κ1) is 15.6. The monoisotopic (exact) mass is 332 g/mol. The van der Waals surface area contributed by atoms with Gasteiger partial charge in [-0.3, -0.25) is 9.59 Å². The predicted molar refractivity (Wildman–Crippen MR) is 86.0 cm³/mol. The number of fused-ring (bicyclic) bond motifs is 1. The molecule has 1 saturated carbocycles. The average molecular weight is 332 g/mol. The molecule has 0 aromatic heterocycles. The SMILES string of the molecule is O=C1C[C@H](C(=O)N(C[C@@H]2CCOC2)C2CC2)c2ccc(F)cc2N1. The van der Waals surface area contributed by atoms with Gasteiger partial charge in [0.2, 0.25) is 11.8 Å². The number of nitrogens with one attached hydrogen (secondary N) is 1. The molecule has 5 nitrogen and oxygen atoms in total. The number of rotatable bonds is 4. The Balaban J connectivity index is 1.59. The first-order valence-electron chi connectivity index (χ1n) is 8.59. The Bertz CT molecular complexity index is 668. The first-order chi connectivity index (χ1) is 11.6. The summed E-state index contributed by atoms with van der Waals surface area (Å²) in [5, 5.41) is 2.67. The van der Waals surface area contributed by atoms with E-state index in [9.17, 15) is 14.0 Å². The number of amides is 2. The number of hydrogen-bond donors (Lipinski definition) is 1. The lowest BCUT2D eigenvalue weighted by atomic mass is 9.89. The summed E-state index contributed by atoms with van der Waals surface area (Å²) in [6.45, 7) is 2.15. The number of hydrogen-bond acceptors (Lipinski definition) is 3. The van der Waals surface area contributed by atoms with Crippen LogP contribution in [0.15, 0.2) is 18.2 Å². The van der Waals surface area contributed by atoms with E-state index in [4.69, 9.17) is 4.74 Å². The molecule has 6 heteroatoms. The number of carbonyl (C=O) groups excluding carboxylic acids is 2. The highest BCUT2D eigenvalue weighted by Gasteiger charge is 2.40. The van der Waals surface area contributed by atoms with Crippen LogP contribution in [0.4, 0.5) is 10.1 Å². The van der Waals surface area contributed by atoms with E-state index in [1.165, 1.54) is 12.1 Å². The molecule has 2 amide bonds. The molecule has 2 fully saturated rings. The standard InChI is InChI=1S/C18H21FN2O3/c19-12-1-4-14-15(8-17(22)20-16(14)7-12)18(23)21(13-2-3-13)9-11-5-6-24-10-11/h1,4,7,11,13,15H,2-3,5-6,8-10H2,(H,20,22)/t11-,15-/m0/s1. The van der Waals surface area contributed by atoms with E-state index in [1.807, 2.05) is 4.90 Å². The van der Waals surface area contributed by atoms with Gasteiger partial charge in [-0.05, 0) is 37.0 Å². The molecule has 2 atom stereocenters. The van der Waals surface area contributed by atoms with Crippen LogP contribution in [-0.4, -0.2) is 42.5 Å². The second-order valence-corrected chi connectivity index (χ2v) is 6.99. The van der Waals surface area contributed by atoms with E-state index < -0.39 is 11.7 Å². The van der Waals surface area contributed by atoms with Crippen molar-refractivity contribution in [3.8, 4) is 0 Å². The molecule has 1 aromatic carbocycles. The van der Waals surface area contributed by atoms with Crippen molar-refractivity contribution in [1.82, 2.24) is 4.90 Å². The van der Waals surface area contributed by atoms with Crippen LogP contribution in [0.3, 0.4) is 0 Å². The van der Waals surface area contributed by atoms with Crippen molar-refractivity contribution >= 4 is 17.5 Å². The van der Waals surface area contributed by atoms with Crippen LogP contribution in [0, 0.1) is 11.7 Å². The predicted octanol–water partition coefficient (Wildman–Crippen LogP) is 2.28. The largest absolute Gasteiger partial charge is 0.381 e. The molecule has 1 N–H and O–H groups in total. The summed E-state index contributed by atoms with van der Waals surface area (Å²) in [5.74, 6) is -0.792. The molecule has 1 aromatic rings. The summed E-state index contributed by atoms with van der Waals surface area (Å²) in [6, 6.07) is 4.55. The number of halogens is 1. The lowest BCUT2D eigenvalue weighted by molar-refractivity contribution is -0.136. The zero-order valence-corrected chi connectivity index (χ0v) is 13.5. The van der Waals surface area contributed by atoms with Gasteiger partial charge in [0.05, 0.1) is 12.5 Å². The number of nitrogens with zero attached hydrogens (tertiary/aromatic N) is 1. The molecule has 24 heavy (non-hydrogen) atoms. The van der Waals surface area contributed by atoms with Crippen molar-refractivity contribution in [3.05, 3.63) is 29.6 Å². The quantitative estimate of drug-likeness (QED) is 0.920. The van der Waals surface area contributed by atoms with E-state index >= 15 is 0 Å². The zero-order valence-electron chi connectivity index (χ0n) is 13.5. The summed E-state index contributed by atoms with van der Waals surface area (Å²) in [6.07, 6.45) is 3.15. The number of ether oxygens (including phenoxy) is 1. The van der Waals surface area contributed by atoms with Gasteiger partial charge < -0.3 is 15.0 Å². The van der Waals surface area contributed by atoms with E-state index in [1.54, 1.807) is 6.07 Å². The Kier molecular flexibility index (Phi) is 4.00. The van der Waals surface area contributed by atoms with E-state index in [2.05, 4.69) is 5.32 Å². The molecular weight excluding hydrogens is 311 g/mol. The van der Waals surface area contributed by atoms with Gasteiger partial charge in [0.15, 0.2) is 0 Å². The van der Waals surface area contributed by atoms with E-state index in [-0.39, 0.29) is 24.3 Å². The maximum atomic E-state index is 13.5. The Morgan fingerprint density at radius 1 is 1.33 bits per heavy atom. The van der Waals surface area contributed by atoms with Crippen molar-refractivity contribution in [3.63, 3.8) is 0 Å². The zero-order chi connectivity index (χ0) is 16.7. The van der Waals surface area contributed by atoms with E-state index in [0.717, 1.165) is 25.9 Å². The van der Waals surface area contributed by atoms with Crippen LogP contribution >= 0.6 is 0 Å². The second kappa shape index (κ2) is 6.16. The van der Waals surface area contributed by atoms with Crippen molar-refractivity contribution in [1.29, 1.82) is 0 Å². The van der Waals surface area contributed by atoms with Gasteiger partial charge in [0.25, 0.3) is 0 Å². The molecule has 1 aliphatic carbocycles. The van der Waals surface area contributed by atoms with Crippen LogP contribution in [0.5, 0.6) is 0 Å². The van der Waals surface area contributed by atoms with Crippen LogP contribution in [0.25, 0.3) is 0 Å². The second-order valence-electron chi connectivity index (χ2n) is 6.99. The summed E-state index contributed by atoms with van der Waals surface area (Å²) >= 11 is 0. The highest BCUT2D eigenvalue weighted by atomic mass is 19.1. The van der Waals surface area contributed by atoms with Gasteiger partial charge in [0.1, 0.15) is 5.82 Å². The smallest absolute Gasteiger partial charge is 0.230 e. The van der Waals surface area contributed by atoms with Crippen molar-refractivity contribution in [2.24, 2.45) is 5.92 Å². The van der Waals surface area contributed by atoms with Gasteiger partial charge in [-0.2, -0.15) is 0 Å². The topological polar surface area (TPSA) is 58.6 Å². The third-order valence-electron chi connectivity index (χ3n) is 5.10. The number of anilines is 1. The molecule has 128 valence electrons. The average Bonchev–Trinajstić information content (AvgIpc) is 3.27. The molecule has 1 saturated heterocycles. The fourth-order valence-electron chi connectivity index (χ4n) is 3.67. The Morgan fingerprint density at radius 2 is 2.17 bits per heavy atom. The fraction of sp³-hybridized carbons (Fsp3) is 0.556. The van der Waals surface area contributed by atoms with Crippen LogP contribution in [-0.2, 0) is 14.3 Å². The molecule has 0 spiro atoms. The van der Waals surface area contributed by atoms with Crippen molar-refractivity contribution in [2.75, 3.05) is 25.1 Å². The van der Waals surface area contributed by atoms with Gasteiger partial charge in [-0.1, -0.05) is 6.07 Å². The minimum Gasteiger partial charge on any atom is -0.381 e. The Morgan fingerprint density at radius 3 is 2.88 bits per heavy atom. The van der Waals surface area contributed by atoms with Gasteiger partial charge in [-0.25, -0.2) is 4.39 Å². The van der Waals surface area contributed by atoms with E-state index in [0.29, 0.717) is 30.3 Å². The normalized spacial score (nSPS) is 26.0. The third kappa shape index (κ3) is 3.02. The van der Waals surface area contributed by atoms with Crippen molar-refractivity contribution < 1.29 is 18.7 Å². The van der Waals surface area contributed by atoms with Gasteiger partial charge in [-0.15, -0.1) is 0 Å².